The van der Waals surface area contributed by atoms with E-state index in [0.717, 1.165) is 35.2 Å². The molecule has 3 aromatic carbocycles. The summed E-state index contributed by atoms with van der Waals surface area (Å²) < 4.78 is 28.3. The van der Waals surface area contributed by atoms with Crippen LogP contribution in [0.5, 0.6) is 0 Å². The number of benzene rings is 3. The van der Waals surface area contributed by atoms with Crippen molar-refractivity contribution in [3.8, 4) is 0 Å². The van der Waals surface area contributed by atoms with E-state index in [4.69, 9.17) is 0 Å². The van der Waals surface area contributed by atoms with Crippen LogP contribution in [0, 0.1) is 6.92 Å². The highest BCUT2D eigenvalue weighted by molar-refractivity contribution is 7.92. The van der Waals surface area contributed by atoms with Gasteiger partial charge in [-0.1, -0.05) is 48.5 Å². The molecule has 0 bridgehead atoms. The molecule has 0 fully saturated rings. The van der Waals surface area contributed by atoms with Crippen LogP contribution in [0.2, 0.25) is 0 Å². The maximum atomic E-state index is 13.4. The molecule has 1 amide bonds. The van der Waals surface area contributed by atoms with E-state index in [1.807, 2.05) is 55.5 Å². The van der Waals surface area contributed by atoms with E-state index in [0.29, 0.717) is 18.7 Å². The summed E-state index contributed by atoms with van der Waals surface area (Å²) in [6, 6.07) is 21.9. The Bertz CT molecular complexity index is 1220. The topological polar surface area (TPSA) is 57.7 Å². The molecule has 4 rings (SSSR count). The molecular formula is C25H26N2O3S. The monoisotopic (exact) mass is 434 g/mol. The van der Waals surface area contributed by atoms with Crippen LogP contribution < -0.4 is 4.31 Å². The average molecular weight is 435 g/mol. The fraction of sp³-hybridized carbons (Fsp3) is 0.240. The number of rotatable bonds is 5. The second-order valence-electron chi connectivity index (χ2n) is 7.92. The fourth-order valence-corrected chi connectivity index (χ4v) is 5.59. The van der Waals surface area contributed by atoms with E-state index in [1.54, 1.807) is 30.1 Å². The molecule has 0 atom stereocenters. The first-order chi connectivity index (χ1) is 14.9. The third-order valence-corrected chi connectivity index (χ3v) is 7.56. The molecule has 5 nitrogen and oxygen atoms in total. The van der Waals surface area contributed by atoms with Crippen LogP contribution in [0.4, 0.5) is 5.69 Å². The molecule has 0 N–H and O–H groups in total. The number of carbonyl (C=O) groups is 1. The number of sulfonamides is 1. The van der Waals surface area contributed by atoms with Gasteiger partial charge in [0.05, 0.1) is 10.6 Å². The quantitative estimate of drug-likeness (QED) is 0.598. The van der Waals surface area contributed by atoms with Gasteiger partial charge in [0, 0.05) is 25.7 Å². The molecule has 0 saturated heterocycles. The summed E-state index contributed by atoms with van der Waals surface area (Å²) in [5.41, 5.74) is 4.29. The smallest absolute Gasteiger partial charge is 0.264 e. The van der Waals surface area contributed by atoms with Gasteiger partial charge in [-0.25, -0.2) is 8.42 Å². The Kier molecular flexibility index (Phi) is 5.83. The van der Waals surface area contributed by atoms with Gasteiger partial charge < -0.3 is 4.90 Å². The minimum absolute atomic E-state index is 0.138. The summed E-state index contributed by atoms with van der Waals surface area (Å²) >= 11 is 0. The molecular weight excluding hydrogens is 408 g/mol. The summed E-state index contributed by atoms with van der Waals surface area (Å²) in [6.45, 7) is 2.91. The lowest BCUT2D eigenvalue weighted by molar-refractivity contribution is 0.0784. The van der Waals surface area contributed by atoms with Gasteiger partial charge in [-0.15, -0.1) is 0 Å². The van der Waals surface area contributed by atoms with Crippen molar-refractivity contribution in [3.05, 3.63) is 95.1 Å². The zero-order chi connectivity index (χ0) is 22.0. The fourth-order valence-electron chi connectivity index (χ4n) is 4.00. The van der Waals surface area contributed by atoms with Crippen LogP contribution in [-0.2, 0) is 23.0 Å². The van der Waals surface area contributed by atoms with Crippen molar-refractivity contribution in [2.24, 2.45) is 0 Å². The van der Waals surface area contributed by atoms with Crippen molar-refractivity contribution >= 4 is 21.6 Å². The Morgan fingerprint density at radius 1 is 1.00 bits per heavy atom. The molecule has 160 valence electrons. The lowest BCUT2D eigenvalue weighted by Crippen LogP contribution is -2.35. The molecule has 0 unspecified atom stereocenters. The summed E-state index contributed by atoms with van der Waals surface area (Å²) in [7, 11) is -2.03. The average Bonchev–Trinajstić information content (AvgIpc) is 2.79. The number of nitrogens with zero attached hydrogens (tertiary/aromatic N) is 2. The van der Waals surface area contributed by atoms with Crippen molar-refractivity contribution in [3.63, 3.8) is 0 Å². The lowest BCUT2D eigenvalue weighted by Gasteiger charge is -2.30. The van der Waals surface area contributed by atoms with Crippen LogP contribution in [0.3, 0.4) is 0 Å². The first-order valence-electron chi connectivity index (χ1n) is 10.4. The normalized spacial score (nSPS) is 13.5. The maximum absolute atomic E-state index is 13.4. The Morgan fingerprint density at radius 3 is 2.55 bits per heavy atom. The molecule has 1 aliphatic rings. The Hall–Kier alpha value is -3.12. The lowest BCUT2D eigenvalue weighted by atomic mass is 10.0. The molecule has 6 heteroatoms. The number of fused-ring (bicyclic) bond motifs is 1. The van der Waals surface area contributed by atoms with E-state index in [9.17, 15) is 13.2 Å². The molecule has 1 aliphatic heterocycles. The molecule has 0 aromatic heterocycles. The number of aryl methyl sites for hydroxylation is 2. The second kappa shape index (κ2) is 8.55. The zero-order valence-electron chi connectivity index (χ0n) is 17.8. The first-order valence-corrected chi connectivity index (χ1v) is 11.8. The van der Waals surface area contributed by atoms with Gasteiger partial charge in [-0.2, -0.15) is 0 Å². The van der Waals surface area contributed by atoms with E-state index in [-0.39, 0.29) is 10.8 Å². The van der Waals surface area contributed by atoms with Gasteiger partial charge in [0.2, 0.25) is 0 Å². The van der Waals surface area contributed by atoms with Crippen LogP contribution in [0.15, 0.2) is 77.7 Å². The Morgan fingerprint density at radius 2 is 1.74 bits per heavy atom. The van der Waals surface area contributed by atoms with Crippen LogP contribution in [0.1, 0.15) is 33.5 Å². The molecule has 0 aliphatic carbocycles. The highest BCUT2D eigenvalue weighted by Gasteiger charge is 2.29. The van der Waals surface area contributed by atoms with Crippen LogP contribution >= 0.6 is 0 Å². The molecule has 0 saturated carbocycles. The maximum Gasteiger partial charge on any atom is 0.264 e. The standard InChI is InChI=1S/C25H26N2O3S/c1-19-9-3-4-11-22(19)18-26(2)25(28)21-12-7-14-23(17-21)31(29,30)27-16-8-13-20-10-5-6-15-24(20)27/h3-7,9-12,14-15,17H,8,13,16,18H2,1-2H3. The SMILES string of the molecule is Cc1ccccc1CN(C)C(=O)c1cccc(S(=O)(=O)N2CCCc3ccccc32)c1. The van der Waals surface area contributed by atoms with Crippen LogP contribution in [0.25, 0.3) is 0 Å². The van der Waals surface area contributed by atoms with E-state index in [1.165, 1.54) is 10.4 Å². The van der Waals surface area contributed by atoms with E-state index < -0.39 is 10.0 Å². The van der Waals surface area contributed by atoms with E-state index >= 15 is 0 Å². The van der Waals surface area contributed by atoms with Crippen molar-refractivity contribution in [1.82, 2.24) is 4.90 Å². The minimum Gasteiger partial charge on any atom is -0.337 e. The van der Waals surface area contributed by atoms with Gasteiger partial charge in [-0.05, 0) is 60.7 Å². The summed E-state index contributed by atoms with van der Waals surface area (Å²) in [5, 5.41) is 0. The molecule has 0 spiro atoms. The van der Waals surface area contributed by atoms with Crippen molar-refractivity contribution < 1.29 is 13.2 Å². The Balaban J connectivity index is 1.61. The number of amides is 1. The van der Waals surface area contributed by atoms with Crippen molar-refractivity contribution in [2.75, 3.05) is 17.9 Å². The van der Waals surface area contributed by atoms with Gasteiger partial charge >= 0.3 is 0 Å². The molecule has 0 radical (unpaired) electrons. The number of hydrogen-bond donors (Lipinski definition) is 0. The zero-order valence-corrected chi connectivity index (χ0v) is 18.6. The highest BCUT2D eigenvalue weighted by Crippen LogP contribution is 2.32. The predicted octanol–water partition coefficient (Wildman–Crippen LogP) is 4.41. The van der Waals surface area contributed by atoms with Gasteiger partial charge in [0.25, 0.3) is 15.9 Å². The summed E-state index contributed by atoms with van der Waals surface area (Å²) in [4.78, 5) is 14.8. The number of carbonyl (C=O) groups excluding carboxylic acids is 1. The van der Waals surface area contributed by atoms with Gasteiger partial charge in [0.15, 0.2) is 0 Å². The van der Waals surface area contributed by atoms with Crippen molar-refractivity contribution in [1.29, 1.82) is 0 Å². The second-order valence-corrected chi connectivity index (χ2v) is 9.79. The predicted molar refractivity (Wildman–Crippen MR) is 123 cm³/mol. The third kappa shape index (κ3) is 4.21. The first kappa shape index (κ1) is 21.1. The third-order valence-electron chi connectivity index (χ3n) is 5.75. The van der Waals surface area contributed by atoms with E-state index in [2.05, 4.69) is 0 Å². The summed E-state index contributed by atoms with van der Waals surface area (Å²) in [6.07, 6.45) is 1.64. The minimum atomic E-state index is -3.76. The number of para-hydroxylation sites is 1. The number of hydrogen-bond acceptors (Lipinski definition) is 3. The summed E-state index contributed by atoms with van der Waals surface area (Å²) in [5.74, 6) is -0.209. The molecule has 31 heavy (non-hydrogen) atoms. The highest BCUT2D eigenvalue weighted by atomic mass is 32.2. The van der Waals surface area contributed by atoms with Crippen molar-refractivity contribution in [2.45, 2.75) is 31.2 Å². The molecule has 3 aromatic rings. The molecule has 1 heterocycles. The largest absolute Gasteiger partial charge is 0.337 e. The Labute approximate surface area is 184 Å². The van der Waals surface area contributed by atoms with Gasteiger partial charge in [-0.3, -0.25) is 9.10 Å². The number of anilines is 1. The van der Waals surface area contributed by atoms with Gasteiger partial charge in [0.1, 0.15) is 0 Å². The van der Waals surface area contributed by atoms with Crippen LogP contribution in [-0.4, -0.2) is 32.8 Å².